The minimum Gasteiger partial charge on any atom is -0.457 e. The second kappa shape index (κ2) is 6.88. The molecule has 1 fully saturated rings. The third-order valence-electron chi connectivity index (χ3n) is 4.18. The van der Waals surface area contributed by atoms with Crippen molar-refractivity contribution in [2.24, 2.45) is 0 Å². The molecule has 25 heavy (non-hydrogen) atoms. The lowest BCUT2D eigenvalue weighted by atomic mass is 10.1. The monoisotopic (exact) mass is 359 g/mol. The zero-order valence-corrected chi connectivity index (χ0v) is 15.2. The molecule has 1 amide bonds. The van der Waals surface area contributed by atoms with E-state index in [0.29, 0.717) is 17.1 Å². The summed E-state index contributed by atoms with van der Waals surface area (Å²) >= 11 is 0. The molecule has 1 aliphatic rings. The van der Waals surface area contributed by atoms with Gasteiger partial charge in [-0.15, -0.1) is 0 Å². The maximum absolute atomic E-state index is 12.6. The van der Waals surface area contributed by atoms with Crippen molar-refractivity contribution in [1.82, 2.24) is 4.90 Å². The van der Waals surface area contributed by atoms with Crippen molar-refractivity contribution in [3.63, 3.8) is 0 Å². The highest BCUT2D eigenvalue weighted by molar-refractivity contribution is 7.90. The van der Waals surface area contributed by atoms with Crippen LogP contribution in [0.15, 0.2) is 47.4 Å². The molecule has 0 atom stereocenters. The van der Waals surface area contributed by atoms with Gasteiger partial charge < -0.3 is 9.64 Å². The maximum atomic E-state index is 12.6. The van der Waals surface area contributed by atoms with Gasteiger partial charge in [-0.25, -0.2) is 8.42 Å². The summed E-state index contributed by atoms with van der Waals surface area (Å²) in [6.07, 6.45) is 3.26. The van der Waals surface area contributed by atoms with Crippen molar-refractivity contribution in [3.8, 4) is 11.5 Å². The number of amides is 1. The minimum absolute atomic E-state index is 0.0264. The normalized spacial score (nSPS) is 14.6. The van der Waals surface area contributed by atoms with E-state index in [4.69, 9.17) is 4.74 Å². The van der Waals surface area contributed by atoms with Gasteiger partial charge >= 0.3 is 0 Å². The van der Waals surface area contributed by atoms with Gasteiger partial charge in [0, 0.05) is 24.9 Å². The summed E-state index contributed by atoms with van der Waals surface area (Å²) in [7, 11) is -3.23. The predicted molar refractivity (Wildman–Crippen MR) is 95.9 cm³/mol. The first-order chi connectivity index (χ1) is 11.8. The summed E-state index contributed by atoms with van der Waals surface area (Å²) in [5.74, 6) is 1.12. The molecule has 5 nitrogen and oxygen atoms in total. The fourth-order valence-corrected chi connectivity index (χ4v) is 3.55. The van der Waals surface area contributed by atoms with E-state index < -0.39 is 9.84 Å². The highest BCUT2D eigenvalue weighted by Crippen LogP contribution is 2.26. The van der Waals surface area contributed by atoms with E-state index in [0.717, 1.165) is 31.5 Å². The van der Waals surface area contributed by atoms with E-state index in [-0.39, 0.29) is 10.8 Å². The second-order valence-corrected chi connectivity index (χ2v) is 8.40. The van der Waals surface area contributed by atoms with Crippen LogP contribution in [0.4, 0.5) is 0 Å². The molecule has 1 heterocycles. The van der Waals surface area contributed by atoms with Crippen LogP contribution in [0.5, 0.6) is 11.5 Å². The quantitative estimate of drug-likeness (QED) is 0.839. The molecule has 0 radical (unpaired) electrons. The first-order valence-electron chi connectivity index (χ1n) is 8.22. The van der Waals surface area contributed by atoms with Crippen LogP contribution in [0.1, 0.15) is 28.8 Å². The smallest absolute Gasteiger partial charge is 0.253 e. The Bertz CT molecular complexity index is 882. The molecular weight excluding hydrogens is 338 g/mol. The molecule has 0 N–H and O–H groups in total. The number of carbonyl (C=O) groups excluding carboxylic acids is 1. The number of ether oxygens (including phenoxy) is 1. The summed E-state index contributed by atoms with van der Waals surface area (Å²) in [4.78, 5) is 14.7. The SMILES string of the molecule is Cc1cc(Oc2ccc(S(C)(=O)=O)cc2)cc(C(=O)N2CCCC2)c1. The molecule has 132 valence electrons. The minimum atomic E-state index is -3.23. The van der Waals surface area contributed by atoms with Crippen LogP contribution in [-0.4, -0.2) is 38.6 Å². The molecule has 1 aliphatic heterocycles. The number of rotatable bonds is 4. The summed E-state index contributed by atoms with van der Waals surface area (Å²) in [5, 5.41) is 0. The largest absolute Gasteiger partial charge is 0.457 e. The van der Waals surface area contributed by atoms with Crippen molar-refractivity contribution in [2.45, 2.75) is 24.7 Å². The molecule has 0 unspecified atom stereocenters. The van der Waals surface area contributed by atoms with Gasteiger partial charge in [0.15, 0.2) is 9.84 Å². The van der Waals surface area contributed by atoms with Crippen molar-refractivity contribution in [2.75, 3.05) is 19.3 Å². The van der Waals surface area contributed by atoms with Crippen LogP contribution in [0.2, 0.25) is 0 Å². The van der Waals surface area contributed by atoms with Crippen molar-refractivity contribution in [1.29, 1.82) is 0 Å². The Labute approximate surface area is 148 Å². The standard InChI is InChI=1S/C19H21NO4S/c1-14-11-15(19(21)20-9-3-4-10-20)13-17(12-14)24-16-5-7-18(8-6-16)25(2,22)23/h5-8,11-13H,3-4,9-10H2,1-2H3. The fraction of sp³-hybridized carbons (Fsp3) is 0.316. The number of aryl methyl sites for hydroxylation is 1. The van der Waals surface area contributed by atoms with Crippen LogP contribution in [0.3, 0.4) is 0 Å². The molecule has 0 bridgehead atoms. The number of hydrogen-bond acceptors (Lipinski definition) is 4. The van der Waals surface area contributed by atoms with Crippen molar-refractivity contribution >= 4 is 15.7 Å². The number of sulfone groups is 1. The Balaban J connectivity index is 1.81. The van der Waals surface area contributed by atoms with Crippen LogP contribution in [0.25, 0.3) is 0 Å². The van der Waals surface area contributed by atoms with Gasteiger partial charge in [-0.2, -0.15) is 0 Å². The molecule has 0 saturated carbocycles. The summed E-state index contributed by atoms with van der Waals surface area (Å²) in [6, 6.07) is 11.7. The number of carbonyl (C=O) groups is 1. The Morgan fingerprint density at radius 1 is 1.00 bits per heavy atom. The number of hydrogen-bond donors (Lipinski definition) is 0. The Morgan fingerprint density at radius 3 is 2.24 bits per heavy atom. The van der Waals surface area contributed by atoms with Crippen molar-refractivity contribution < 1.29 is 17.9 Å². The van der Waals surface area contributed by atoms with Gasteiger partial charge in [0.1, 0.15) is 11.5 Å². The van der Waals surface area contributed by atoms with Gasteiger partial charge in [0.05, 0.1) is 4.90 Å². The molecule has 0 spiro atoms. The van der Waals surface area contributed by atoms with E-state index in [1.807, 2.05) is 24.0 Å². The molecule has 0 aromatic heterocycles. The van der Waals surface area contributed by atoms with Crippen molar-refractivity contribution in [3.05, 3.63) is 53.6 Å². The third kappa shape index (κ3) is 4.20. The number of benzene rings is 2. The molecule has 6 heteroatoms. The van der Waals surface area contributed by atoms with Crippen LogP contribution in [-0.2, 0) is 9.84 Å². The average Bonchev–Trinajstić information content (AvgIpc) is 3.07. The third-order valence-corrected chi connectivity index (χ3v) is 5.31. The summed E-state index contributed by atoms with van der Waals surface area (Å²) in [6.45, 7) is 3.52. The number of nitrogens with zero attached hydrogens (tertiary/aromatic N) is 1. The van der Waals surface area contributed by atoms with Gasteiger partial charge in [0.2, 0.25) is 0 Å². The predicted octanol–water partition coefficient (Wildman–Crippen LogP) is 3.43. The Hall–Kier alpha value is -2.34. The molecule has 2 aromatic rings. The second-order valence-electron chi connectivity index (χ2n) is 6.38. The Kier molecular flexibility index (Phi) is 4.81. The van der Waals surface area contributed by atoms with E-state index in [9.17, 15) is 13.2 Å². The molecule has 2 aromatic carbocycles. The zero-order valence-electron chi connectivity index (χ0n) is 14.4. The average molecular weight is 359 g/mol. The summed E-state index contributed by atoms with van der Waals surface area (Å²) in [5.41, 5.74) is 1.55. The van der Waals surface area contributed by atoms with Gasteiger partial charge in [-0.05, 0) is 67.8 Å². The highest BCUT2D eigenvalue weighted by atomic mass is 32.2. The first-order valence-corrected chi connectivity index (χ1v) is 10.1. The topological polar surface area (TPSA) is 63.7 Å². The molecule has 1 saturated heterocycles. The number of likely N-dealkylation sites (tertiary alicyclic amines) is 1. The lowest BCUT2D eigenvalue weighted by Crippen LogP contribution is -2.27. The van der Waals surface area contributed by atoms with E-state index in [1.54, 1.807) is 18.2 Å². The molecule has 3 rings (SSSR count). The zero-order chi connectivity index (χ0) is 18.0. The van der Waals surface area contributed by atoms with E-state index in [1.165, 1.54) is 18.4 Å². The Morgan fingerprint density at radius 2 is 1.64 bits per heavy atom. The lowest BCUT2D eigenvalue weighted by Gasteiger charge is -2.16. The fourth-order valence-electron chi connectivity index (χ4n) is 2.92. The maximum Gasteiger partial charge on any atom is 0.253 e. The lowest BCUT2D eigenvalue weighted by molar-refractivity contribution is 0.0792. The summed E-state index contributed by atoms with van der Waals surface area (Å²) < 4.78 is 28.8. The highest BCUT2D eigenvalue weighted by Gasteiger charge is 2.20. The van der Waals surface area contributed by atoms with Crippen LogP contribution >= 0.6 is 0 Å². The van der Waals surface area contributed by atoms with Crippen LogP contribution < -0.4 is 4.74 Å². The van der Waals surface area contributed by atoms with E-state index >= 15 is 0 Å². The molecular formula is C19H21NO4S. The van der Waals surface area contributed by atoms with Crippen LogP contribution in [0, 0.1) is 6.92 Å². The van der Waals surface area contributed by atoms with Gasteiger partial charge in [-0.1, -0.05) is 0 Å². The molecule has 0 aliphatic carbocycles. The van der Waals surface area contributed by atoms with Gasteiger partial charge in [0.25, 0.3) is 5.91 Å². The van der Waals surface area contributed by atoms with Gasteiger partial charge in [-0.3, -0.25) is 4.79 Å². The van der Waals surface area contributed by atoms with E-state index in [2.05, 4.69) is 0 Å². The first kappa shape index (κ1) is 17.5.